The van der Waals surface area contributed by atoms with Gasteiger partial charge in [-0.15, -0.1) is 0 Å². The van der Waals surface area contributed by atoms with Gasteiger partial charge in [-0.3, -0.25) is 19.1 Å². The van der Waals surface area contributed by atoms with Crippen LogP contribution in [0, 0.1) is 11.8 Å². The minimum absolute atomic E-state index is 0.111. The lowest BCUT2D eigenvalue weighted by molar-refractivity contribution is -0.0449. The van der Waals surface area contributed by atoms with Crippen LogP contribution in [-0.2, 0) is 31.6 Å². The number of aliphatic hydroxyl groups is 1. The molecule has 0 bridgehead atoms. The second kappa shape index (κ2) is 14.2. The van der Waals surface area contributed by atoms with Crippen LogP contribution in [0.5, 0.6) is 0 Å². The van der Waals surface area contributed by atoms with Gasteiger partial charge in [0, 0.05) is 30.6 Å². The second-order valence-corrected chi connectivity index (χ2v) is 14.3. The molecule has 19 nitrogen and oxygen atoms in total. The van der Waals surface area contributed by atoms with Crippen molar-refractivity contribution in [2.24, 2.45) is 0 Å². The van der Waals surface area contributed by atoms with E-state index in [0.29, 0.717) is 28.3 Å². The van der Waals surface area contributed by atoms with Gasteiger partial charge in [0.25, 0.3) is 0 Å². The summed E-state index contributed by atoms with van der Waals surface area (Å²) >= 11 is 0. The maximum atomic E-state index is 12.7. The second-order valence-electron chi connectivity index (χ2n) is 9.85. The van der Waals surface area contributed by atoms with E-state index in [1.807, 2.05) is 12.1 Å². The molecule has 252 valence electrons. The zero-order chi connectivity index (χ0) is 34.7. The number of ether oxygens (including phenoxy) is 1. The number of nitrogens with two attached hydrogens (primary N) is 1. The Morgan fingerprint density at radius 1 is 0.896 bits per heavy atom. The number of rotatable bonds is 10. The summed E-state index contributed by atoms with van der Waals surface area (Å²) in [5.41, 5.74) is 7.96. The Hall–Kier alpha value is -3.98. The van der Waals surface area contributed by atoms with E-state index in [0.717, 1.165) is 4.57 Å². The van der Waals surface area contributed by atoms with E-state index in [9.17, 15) is 33.4 Å². The predicted molar refractivity (Wildman–Crippen MR) is 164 cm³/mol. The third-order valence-corrected chi connectivity index (χ3v) is 10.1. The van der Waals surface area contributed by atoms with Crippen molar-refractivity contribution < 1.29 is 56.3 Å². The number of aromatic nitrogens is 5. The first-order valence-corrected chi connectivity index (χ1v) is 18.0. The minimum atomic E-state index is -5.75. The molecule has 4 aromatic heterocycles. The summed E-state index contributed by atoms with van der Waals surface area (Å²) in [7, 11) is -16.8. The van der Waals surface area contributed by atoms with Crippen LogP contribution in [0.4, 0.5) is 5.82 Å². The molecule has 0 radical (unpaired) electrons. The van der Waals surface area contributed by atoms with Crippen LogP contribution in [0.25, 0.3) is 22.8 Å². The molecule has 5 heterocycles. The molecule has 2 unspecified atom stereocenters. The third-order valence-electron chi connectivity index (χ3n) is 6.33. The first kappa shape index (κ1) is 35.3. The fourth-order valence-electron chi connectivity index (χ4n) is 4.32. The number of phosphoric acid groups is 3. The fourth-order valence-corrected chi connectivity index (χ4v) is 7.35. The summed E-state index contributed by atoms with van der Waals surface area (Å²) in [6.45, 7) is -0.926. The van der Waals surface area contributed by atoms with Crippen molar-refractivity contribution in [1.29, 1.82) is 0 Å². The Morgan fingerprint density at radius 3 is 2.08 bits per heavy atom. The molecule has 0 aromatic carbocycles. The molecule has 0 aliphatic carbocycles. The fraction of sp³-hybridized carbons (Fsp3) is 0.192. The number of hydrogen-bond acceptors (Lipinski definition) is 14. The Bertz CT molecular complexity index is 2010. The van der Waals surface area contributed by atoms with Crippen molar-refractivity contribution in [3.8, 4) is 34.6 Å². The van der Waals surface area contributed by atoms with Crippen LogP contribution in [0.2, 0.25) is 0 Å². The Morgan fingerprint density at radius 2 is 1.52 bits per heavy atom. The third kappa shape index (κ3) is 9.34. The monoisotopic (exact) mass is 722 g/mol. The Labute approximate surface area is 270 Å². The molecule has 0 amide bonds. The highest BCUT2D eigenvalue weighted by Gasteiger charge is 2.43. The van der Waals surface area contributed by atoms with Gasteiger partial charge in [0.1, 0.15) is 18.1 Å². The molecule has 0 saturated carbocycles. The first-order chi connectivity index (χ1) is 22.6. The highest BCUT2D eigenvalue weighted by Crippen LogP contribution is 2.66. The zero-order valence-electron chi connectivity index (χ0n) is 24.2. The molecule has 4 aromatic rings. The van der Waals surface area contributed by atoms with Crippen molar-refractivity contribution in [3.05, 3.63) is 88.7 Å². The van der Waals surface area contributed by atoms with E-state index in [-0.39, 0.29) is 17.8 Å². The molecule has 5 rings (SSSR count). The standard InChI is InChI=1S/C26H25N6O13P3/c27-25-17(8-7-16-11-20(18-5-1-3-9-28-18)30-21(12-16)19-6-2-4-10-29-19)14-32(26(34)31-25)24-13-22(33)23(43-24)15-42-47(38,39)45-48(40,41)44-46(35,36)37/h1-6,9-12,14,22-24,33H,13,15H2,(H,38,39)(H,40,41)(H2,27,31,34)(H2,35,36,37)/t22-,23+,24+/m0/s1. The SMILES string of the molecule is Nc1nc(=O)n([C@H]2C[C@H](O)[C@@H](COP(=O)(O)OP(=O)(O)OP(=O)(O)O)O2)cc1C#Cc1cc(-c2ccccn2)nc(-c2ccccn2)c1. The van der Waals surface area contributed by atoms with E-state index in [2.05, 4.69) is 44.9 Å². The summed E-state index contributed by atoms with van der Waals surface area (Å²) in [4.78, 5) is 66.2. The quantitative estimate of drug-likeness (QED) is 0.100. The highest BCUT2D eigenvalue weighted by molar-refractivity contribution is 7.66. The van der Waals surface area contributed by atoms with Gasteiger partial charge >= 0.3 is 29.2 Å². The largest absolute Gasteiger partial charge is 0.490 e. The average Bonchev–Trinajstić information content (AvgIpc) is 3.38. The van der Waals surface area contributed by atoms with Crippen molar-refractivity contribution in [2.75, 3.05) is 12.3 Å². The van der Waals surface area contributed by atoms with Crippen LogP contribution in [0.3, 0.4) is 0 Å². The first-order valence-electron chi connectivity index (χ1n) is 13.4. The molecular weight excluding hydrogens is 697 g/mol. The van der Waals surface area contributed by atoms with Crippen LogP contribution in [0.1, 0.15) is 23.8 Å². The Balaban J connectivity index is 1.36. The maximum Gasteiger partial charge on any atom is 0.490 e. The zero-order valence-corrected chi connectivity index (χ0v) is 26.8. The van der Waals surface area contributed by atoms with E-state index >= 15 is 0 Å². The predicted octanol–water partition coefficient (Wildman–Crippen LogP) is 1.74. The number of pyridine rings is 3. The smallest absolute Gasteiger partial charge is 0.390 e. The summed E-state index contributed by atoms with van der Waals surface area (Å²) in [6, 6.07) is 14.1. The highest BCUT2D eigenvalue weighted by atomic mass is 31.3. The van der Waals surface area contributed by atoms with Gasteiger partial charge in [0.2, 0.25) is 0 Å². The summed E-state index contributed by atoms with van der Waals surface area (Å²) in [5.74, 6) is 5.65. The number of anilines is 1. The van der Waals surface area contributed by atoms with E-state index in [4.69, 9.17) is 20.3 Å². The van der Waals surface area contributed by atoms with Gasteiger partial charge < -0.3 is 35.2 Å². The molecule has 22 heteroatoms. The van der Waals surface area contributed by atoms with Gasteiger partial charge in [-0.2, -0.15) is 13.6 Å². The Kier molecular flexibility index (Phi) is 10.5. The molecular formula is C26H25N6O13P3. The van der Waals surface area contributed by atoms with E-state index < -0.39 is 54.2 Å². The van der Waals surface area contributed by atoms with Crippen LogP contribution >= 0.6 is 23.5 Å². The molecule has 1 fully saturated rings. The van der Waals surface area contributed by atoms with Crippen LogP contribution in [-0.4, -0.2) is 68.0 Å². The average molecular weight is 722 g/mol. The summed E-state index contributed by atoms with van der Waals surface area (Å²) in [6.07, 6.45) is 0.285. The lowest BCUT2D eigenvalue weighted by atomic mass is 10.1. The lowest BCUT2D eigenvalue weighted by Gasteiger charge is -2.19. The summed E-state index contributed by atoms with van der Waals surface area (Å²) < 4.78 is 52.8. The molecule has 7 N–H and O–H groups in total. The molecule has 5 atom stereocenters. The van der Waals surface area contributed by atoms with E-state index in [1.165, 1.54) is 6.20 Å². The lowest BCUT2D eigenvalue weighted by Crippen LogP contribution is -2.29. The number of aliphatic hydroxyl groups excluding tert-OH is 1. The van der Waals surface area contributed by atoms with Crippen LogP contribution in [0.15, 0.2) is 71.9 Å². The molecule has 48 heavy (non-hydrogen) atoms. The molecule has 1 saturated heterocycles. The van der Waals surface area contributed by atoms with Crippen molar-refractivity contribution >= 4 is 29.3 Å². The van der Waals surface area contributed by atoms with Gasteiger partial charge in [0.05, 0.1) is 41.1 Å². The number of nitrogen functional groups attached to an aromatic ring is 1. The normalized spacial score (nSPS) is 20.3. The van der Waals surface area contributed by atoms with Gasteiger partial charge in [-0.1, -0.05) is 24.0 Å². The minimum Gasteiger partial charge on any atom is -0.390 e. The van der Waals surface area contributed by atoms with Crippen molar-refractivity contribution in [2.45, 2.75) is 24.9 Å². The van der Waals surface area contributed by atoms with Gasteiger partial charge in [-0.25, -0.2) is 23.5 Å². The van der Waals surface area contributed by atoms with Crippen LogP contribution < -0.4 is 11.4 Å². The number of hydrogen-bond donors (Lipinski definition) is 6. The maximum absolute atomic E-state index is 12.7. The molecule has 1 aliphatic heterocycles. The van der Waals surface area contributed by atoms with Gasteiger partial charge in [-0.05, 0) is 36.4 Å². The summed E-state index contributed by atoms with van der Waals surface area (Å²) in [5, 5.41) is 10.5. The van der Waals surface area contributed by atoms with E-state index in [1.54, 1.807) is 48.8 Å². The van der Waals surface area contributed by atoms with Crippen molar-refractivity contribution in [1.82, 2.24) is 24.5 Å². The van der Waals surface area contributed by atoms with Gasteiger partial charge in [0.15, 0.2) is 0 Å². The molecule has 0 spiro atoms. The molecule has 1 aliphatic rings. The van der Waals surface area contributed by atoms with Crippen molar-refractivity contribution in [3.63, 3.8) is 0 Å². The number of nitrogens with zero attached hydrogens (tertiary/aromatic N) is 5. The number of phosphoric ester groups is 1. The topological polar surface area (TPSA) is 289 Å².